The van der Waals surface area contributed by atoms with Crippen molar-refractivity contribution in [1.29, 1.82) is 0 Å². The van der Waals surface area contributed by atoms with Gasteiger partial charge in [-0.15, -0.1) is 0 Å². The van der Waals surface area contributed by atoms with E-state index in [2.05, 4.69) is 10.6 Å². The molecule has 7 nitrogen and oxygen atoms in total. The predicted octanol–water partition coefficient (Wildman–Crippen LogP) is 6.62. The molecular weight excluding hydrogens is 625 g/mol. The average Bonchev–Trinajstić information content (AvgIpc) is 2.98. The molecule has 0 spiro atoms. The number of nitrogens with zero attached hydrogens (tertiary/aromatic N) is 1. The van der Waals surface area contributed by atoms with Gasteiger partial charge in [0.1, 0.15) is 6.04 Å². The van der Waals surface area contributed by atoms with E-state index in [1.807, 2.05) is 0 Å². The Hall–Kier alpha value is -2.90. The maximum absolute atomic E-state index is 13.3. The van der Waals surface area contributed by atoms with Gasteiger partial charge in [0, 0.05) is 30.4 Å². The Balaban J connectivity index is 1.97. The van der Waals surface area contributed by atoms with Gasteiger partial charge >= 0.3 is 12.4 Å². The van der Waals surface area contributed by atoms with E-state index in [1.165, 1.54) is 23.1 Å². The fourth-order valence-corrected chi connectivity index (χ4v) is 4.93. The molecule has 0 bridgehead atoms. The number of hydrogen-bond donors (Lipinski definition) is 3. The van der Waals surface area contributed by atoms with Crippen molar-refractivity contribution < 1.29 is 40.7 Å². The molecular formula is C25H23Cl3F6N4O3. The van der Waals surface area contributed by atoms with Crippen LogP contribution in [0.15, 0.2) is 36.4 Å². The normalized spacial score (nSPS) is 17.2. The second-order valence-corrected chi connectivity index (χ2v) is 10.5. The van der Waals surface area contributed by atoms with Crippen LogP contribution in [0.25, 0.3) is 0 Å². The number of nitrogens with two attached hydrogens (primary N) is 1. The Morgan fingerprint density at radius 1 is 0.951 bits per heavy atom. The third-order valence-corrected chi connectivity index (χ3v) is 7.46. The number of nitrogens with one attached hydrogen (secondary N) is 2. The molecule has 0 radical (unpaired) electrons. The van der Waals surface area contributed by atoms with Gasteiger partial charge in [0.25, 0.3) is 0 Å². The first-order valence-corrected chi connectivity index (χ1v) is 13.2. The molecule has 0 aromatic heterocycles. The van der Waals surface area contributed by atoms with Gasteiger partial charge in [-0.05, 0) is 43.2 Å². The van der Waals surface area contributed by atoms with Crippen molar-refractivity contribution in [3.8, 4) is 0 Å². The van der Waals surface area contributed by atoms with E-state index in [0.29, 0.717) is 11.4 Å². The zero-order valence-electron chi connectivity index (χ0n) is 20.9. The first-order chi connectivity index (χ1) is 19.0. The molecule has 1 aliphatic heterocycles. The average molecular weight is 648 g/mol. The van der Waals surface area contributed by atoms with Crippen LogP contribution < -0.4 is 21.3 Å². The maximum atomic E-state index is 13.3. The molecule has 0 aliphatic carbocycles. The number of anilines is 3. The van der Waals surface area contributed by atoms with Crippen LogP contribution in [0.1, 0.15) is 25.7 Å². The number of alkyl halides is 6. The van der Waals surface area contributed by atoms with Crippen LogP contribution >= 0.6 is 34.8 Å². The molecule has 0 saturated carbocycles. The summed E-state index contributed by atoms with van der Waals surface area (Å²) in [6, 6.07) is 7.70. The molecule has 3 atom stereocenters. The molecule has 0 saturated heterocycles. The largest absolute Gasteiger partial charge is 0.389 e. The van der Waals surface area contributed by atoms with Crippen LogP contribution in [-0.4, -0.2) is 42.7 Å². The van der Waals surface area contributed by atoms with Crippen molar-refractivity contribution in [3.63, 3.8) is 0 Å². The van der Waals surface area contributed by atoms with Crippen molar-refractivity contribution >= 4 is 69.6 Å². The smallest absolute Gasteiger partial charge is 0.369 e. The van der Waals surface area contributed by atoms with Crippen LogP contribution in [0.5, 0.6) is 0 Å². The van der Waals surface area contributed by atoms with E-state index in [-0.39, 0.29) is 27.3 Å². The molecule has 224 valence electrons. The lowest BCUT2D eigenvalue weighted by Gasteiger charge is -2.29. The van der Waals surface area contributed by atoms with E-state index < -0.39 is 73.6 Å². The Bertz CT molecular complexity index is 1310. The van der Waals surface area contributed by atoms with Crippen LogP contribution in [0.2, 0.25) is 15.1 Å². The van der Waals surface area contributed by atoms with Gasteiger partial charge in [-0.25, -0.2) is 0 Å². The van der Waals surface area contributed by atoms with E-state index >= 15 is 0 Å². The second kappa shape index (κ2) is 13.0. The Kier molecular flexibility index (Phi) is 10.3. The number of para-hydroxylation sites is 1. The van der Waals surface area contributed by atoms with E-state index in [1.54, 1.807) is 18.2 Å². The molecule has 4 N–H and O–H groups in total. The first-order valence-electron chi connectivity index (χ1n) is 12.0. The highest BCUT2D eigenvalue weighted by Gasteiger charge is 2.41. The topological polar surface area (TPSA) is 105 Å². The lowest BCUT2D eigenvalue weighted by molar-refractivity contribution is -0.152. The highest BCUT2D eigenvalue weighted by Crippen LogP contribution is 2.40. The molecule has 1 aliphatic rings. The number of fused-ring (bicyclic) bond motifs is 1. The summed E-state index contributed by atoms with van der Waals surface area (Å²) in [5, 5.41) is 5.36. The molecule has 16 heteroatoms. The van der Waals surface area contributed by atoms with Gasteiger partial charge in [0.2, 0.25) is 17.7 Å². The number of carbonyl (C=O) groups is 3. The minimum atomic E-state index is -4.78. The summed E-state index contributed by atoms with van der Waals surface area (Å²) < 4.78 is 77.8. The van der Waals surface area contributed by atoms with Crippen LogP contribution in [0.3, 0.4) is 0 Å². The van der Waals surface area contributed by atoms with Gasteiger partial charge in [0.05, 0.1) is 33.0 Å². The maximum Gasteiger partial charge on any atom is 0.389 e. The summed E-state index contributed by atoms with van der Waals surface area (Å²) in [6.45, 7) is -0.307. The van der Waals surface area contributed by atoms with Crippen molar-refractivity contribution in [2.45, 2.75) is 44.1 Å². The summed E-state index contributed by atoms with van der Waals surface area (Å²) >= 11 is 18.5. The van der Waals surface area contributed by atoms with E-state index in [4.69, 9.17) is 40.5 Å². The summed E-state index contributed by atoms with van der Waals surface area (Å²) in [5.74, 6) is -7.23. The van der Waals surface area contributed by atoms with Gasteiger partial charge in [-0.3, -0.25) is 14.4 Å². The zero-order valence-corrected chi connectivity index (χ0v) is 23.2. The van der Waals surface area contributed by atoms with Gasteiger partial charge in [-0.1, -0.05) is 40.9 Å². The van der Waals surface area contributed by atoms with E-state index in [9.17, 15) is 40.7 Å². The molecule has 3 amide bonds. The van der Waals surface area contributed by atoms with Gasteiger partial charge in [0.15, 0.2) is 0 Å². The van der Waals surface area contributed by atoms with Crippen LogP contribution in [0.4, 0.5) is 43.4 Å². The summed E-state index contributed by atoms with van der Waals surface area (Å²) in [5.41, 5.74) is 6.15. The summed E-state index contributed by atoms with van der Waals surface area (Å²) in [7, 11) is 0. The van der Waals surface area contributed by atoms with Crippen molar-refractivity contribution in [1.82, 2.24) is 5.32 Å². The number of rotatable bonds is 9. The molecule has 3 rings (SSSR count). The lowest BCUT2D eigenvalue weighted by Crippen LogP contribution is -2.52. The molecule has 1 heterocycles. The fraction of sp³-hybridized carbons (Fsp3) is 0.400. The van der Waals surface area contributed by atoms with Crippen molar-refractivity contribution in [3.05, 3.63) is 51.5 Å². The SMILES string of the molecule is NC(=O)C(CCC(F)(F)F)C(CCC(F)(F)F)C(=O)N[C@H]1CN(c2ccc(Cl)c(Cl)c2)c2cccc(Cl)c2NC1=O. The highest BCUT2D eigenvalue weighted by atomic mass is 35.5. The van der Waals surface area contributed by atoms with Crippen LogP contribution in [0, 0.1) is 11.8 Å². The zero-order chi connectivity index (χ0) is 30.7. The standard InChI is InChI=1S/C25H23Cl3F6N4O3/c26-15-5-4-12(10-17(15)28)38-11-18(23(41)37-20-16(27)2-1-3-19(20)38)36-22(40)14(7-9-25(32,33)34)13(21(35)39)6-8-24(29,30)31/h1-5,10,13-14,18H,6-9,11H2,(H2,35,39)(H,36,40)(H,37,41)/t13?,14?,18-/m0/s1. The molecule has 0 fully saturated rings. The first kappa shape index (κ1) is 32.6. The predicted molar refractivity (Wildman–Crippen MR) is 142 cm³/mol. The molecule has 41 heavy (non-hydrogen) atoms. The number of benzene rings is 2. The number of amides is 3. The second-order valence-electron chi connectivity index (χ2n) is 9.32. The number of halogens is 9. The Morgan fingerprint density at radius 2 is 1.56 bits per heavy atom. The third kappa shape index (κ3) is 8.79. The van der Waals surface area contributed by atoms with Gasteiger partial charge in [-0.2, -0.15) is 26.3 Å². The Morgan fingerprint density at radius 3 is 2.12 bits per heavy atom. The monoisotopic (exact) mass is 646 g/mol. The number of hydrogen-bond acceptors (Lipinski definition) is 4. The molecule has 2 unspecified atom stereocenters. The molecule has 2 aromatic rings. The number of primary amides is 1. The van der Waals surface area contributed by atoms with E-state index in [0.717, 1.165) is 0 Å². The van der Waals surface area contributed by atoms with Gasteiger partial charge < -0.3 is 21.3 Å². The quantitative estimate of drug-likeness (QED) is 0.266. The molecule has 2 aromatic carbocycles. The minimum absolute atomic E-state index is 0.122. The van der Waals surface area contributed by atoms with Crippen LogP contribution in [-0.2, 0) is 14.4 Å². The third-order valence-electron chi connectivity index (χ3n) is 6.41. The fourth-order valence-electron chi connectivity index (χ4n) is 4.42. The summed E-state index contributed by atoms with van der Waals surface area (Å²) in [4.78, 5) is 40.1. The Labute approximate surface area is 245 Å². The number of carbonyl (C=O) groups excluding carboxylic acids is 3. The minimum Gasteiger partial charge on any atom is -0.369 e. The van der Waals surface area contributed by atoms with Crippen molar-refractivity contribution in [2.75, 3.05) is 16.8 Å². The highest BCUT2D eigenvalue weighted by molar-refractivity contribution is 6.42. The summed E-state index contributed by atoms with van der Waals surface area (Å²) in [6.07, 6.45) is -14.7. The van der Waals surface area contributed by atoms with Crippen molar-refractivity contribution in [2.24, 2.45) is 17.6 Å². The lowest BCUT2D eigenvalue weighted by atomic mass is 9.83.